The summed E-state index contributed by atoms with van der Waals surface area (Å²) in [6.45, 7) is 14.5. The topological polar surface area (TPSA) is 139 Å². The maximum absolute atomic E-state index is 13.4. The van der Waals surface area contributed by atoms with Crippen molar-refractivity contribution in [3.63, 3.8) is 0 Å². The number of ether oxygens (including phenoxy) is 5. The van der Waals surface area contributed by atoms with Crippen LogP contribution >= 0.6 is 11.6 Å². The first-order chi connectivity index (χ1) is 21.6. The van der Waals surface area contributed by atoms with E-state index in [2.05, 4.69) is 19.2 Å². The fourth-order valence-corrected chi connectivity index (χ4v) is 5.57. The van der Waals surface area contributed by atoms with Crippen LogP contribution in [0.15, 0.2) is 18.2 Å². The molecule has 0 bridgehead atoms. The molecule has 3 N–H and O–H groups in total. The molecule has 0 radical (unpaired) electrons. The van der Waals surface area contributed by atoms with Gasteiger partial charge in [-0.1, -0.05) is 45.4 Å². The number of methoxy groups -OCH3 is 2. The number of alkyl halides is 1. The third-order valence-electron chi connectivity index (χ3n) is 8.72. The number of hydrogen-bond donors (Lipinski definition) is 2. The van der Waals surface area contributed by atoms with E-state index in [1.54, 1.807) is 39.9 Å². The molecule has 1 heterocycles. The molecular formula is C34H56ClN3O8. The maximum atomic E-state index is 13.4. The van der Waals surface area contributed by atoms with Crippen LogP contribution in [0.25, 0.3) is 0 Å². The highest BCUT2D eigenvalue weighted by atomic mass is 35.5. The molecule has 46 heavy (non-hydrogen) atoms. The third-order valence-corrected chi connectivity index (χ3v) is 8.81. The predicted octanol–water partition coefficient (Wildman–Crippen LogP) is 5.35. The van der Waals surface area contributed by atoms with Gasteiger partial charge in [-0.3, -0.25) is 14.5 Å². The Labute approximate surface area is 280 Å². The normalized spacial score (nSPS) is 18.7. The van der Waals surface area contributed by atoms with Gasteiger partial charge in [0.15, 0.2) is 17.1 Å². The molecule has 1 saturated heterocycles. The monoisotopic (exact) mass is 669 g/mol. The van der Waals surface area contributed by atoms with Crippen molar-refractivity contribution >= 4 is 29.5 Å². The summed E-state index contributed by atoms with van der Waals surface area (Å²) in [5.41, 5.74) is 4.90. The largest absolute Gasteiger partial charge is 0.493 e. The van der Waals surface area contributed by atoms with Crippen molar-refractivity contribution in [3.8, 4) is 11.5 Å². The van der Waals surface area contributed by atoms with Crippen LogP contribution in [-0.4, -0.2) is 81.2 Å². The number of hydrogen-bond acceptors (Lipinski definition) is 8. The highest BCUT2D eigenvalue weighted by molar-refractivity contribution is 6.19. The number of benzene rings is 1. The standard InChI is InChI=1S/C34H56ClN3O8/c1-21(2)25(15-24-11-12-28(43-9)30(16-24)44-14-10-13-42-8)17-27-29(45-20-38(27)33(41)46-23(5)35)18-26(22(3)4)31(39)37-19-34(6,7)32(36)40/h11-12,16,21-23,25-27,29H,10,13-15,17-20H2,1-9H3,(H2,36,40)(H,37,39)/t23?,25-,26-,27-,29?/m0/s1. The zero-order valence-electron chi connectivity index (χ0n) is 29.1. The van der Waals surface area contributed by atoms with Crippen LogP contribution in [-0.2, 0) is 30.2 Å². The van der Waals surface area contributed by atoms with Crippen molar-refractivity contribution in [1.82, 2.24) is 10.2 Å². The van der Waals surface area contributed by atoms with E-state index in [4.69, 9.17) is 41.0 Å². The van der Waals surface area contributed by atoms with Gasteiger partial charge in [0.2, 0.25) is 11.8 Å². The first-order valence-electron chi connectivity index (χ1n) is 16.2. The van der Waals surface area contributed by atoms with Crippen LogP contribution in [0.3, 0.4) is 0 Å². The van der Waals surface area contributed by atoms with E-state index >= 15 is 0 Å². The zero-order valence-corrected chi connectivity index (χ0v) is 29.9. The number of halogens is 1. The van der Waals surface area contributed by atoms with E-state index in [0.717, 1.165) is 18.4 Å². The lowest BCUT2D eigenvalue weighted by Crippen LogP contribution is -2.47. The minimum atomic E-state index is -0.886. The van der Waals surface area contributed by atoms with E-state index in [0.29, 0.717) is 37.6 Å². The fraction of sp³-hybridized carbons (Fsp3) is 0.735. The van der Waals surface area contributed by atoms with E-state index in [1.807, 2.05) is 32.0 Å². The summed E-state index contributed by atoms with van der Waals surface area (Å²) in [6.07, 6.45) is 1.51. The molecule has 0 aromatic heterocycles. The summed E-state index contributed by atoms with van der Waals surface area (Å²) < 4.78 is 28.3. The number of carbonyl (C=O) groups is 3. The zero-order chi connectivity index (χ0) is 34.6. The average Bonchev–Trinajstić information content (AvgIpc) is 3.38. The van der Waals surface area contributed by atoms with Crippen LogP contribution in [0.1, 0.15) is 73.3 Å². The Hall–Kier alpha value is -2.76. The summed E-state index contributed by atoms with van der Waals surface area (Å²) in [5.74, 6) is 0.633. The Morgan fingerprint density at radius 1 is 1.07 bits per heavy atom. The molecule has 1 aromatic carbocycles. The average molecular weight is 670 g/mol. The summed E-state index contributed by atoms with van der Waals surface area (Å²) in [6, 6.07) is 5.61. The Bertz CT molecular complexity index is 1130. The number of carbonyl (C=O) groups excluding carboxylic acids is 3. The highest BCUT2D eigenvalue weighted by Gasteiger charge is 2.43. The van der Waals surface area contributed by atoms with Crippen LogP contribution in [0.4, 0.5) is 4.79 Å². The van der Waals surface area contributed by atoms with Gasteiger partial charge < -0.3 is 34.7 Å². The molecule has 0 spiro atoms. The van der Waals surface area contributed by atoms with E-state index in [9.17, 15) is 14.4 Å². The Morgan fingerprint density at radius 2 is 1.76 bits per heavy atom. The first kappa shape index (κ1) is 39.4. The minimum absolute atomic E-state index is 0.0210. The van der Waals surface area contributed by atoms with Crippen LogP contribution in [0, 0.1) is 29.1 Å². The van der Waals surface area contributed by atoms with Crippen molar-refractivity contribution in [3.05, 3.63) is 23.8 Å². The summed E-state index contributed by atoms with van der Waals surface area (Å²) >= 11 is 6.03. The highest BCUT2D eigenvalue weighted by Crippen LogP contribution is 2.36. The molecular weight excluding hydrogens is 614 g/mol. The molecule has 3 amide bonds. The molecule has 5 atom stereocenters. The predicted molar refractivity (Wildman–Crippen MR) is 178 cm³/mol. The van der Waals surface area contributed by atoms with Gasteiger partial charge in [-0.15, -0.1) is 0 Å². The molecule has 0 saturated carbocycles. The summed E-state index contributed by atoms with van der Waals surface area (Å²) in [5, 5.41) is 2.92. The van der Waals surface area contributed by atoms with Gasteiger partial charge in [-0.25, -0.2) is 4.79 Å². The molecule has 0 aliphatic carbocycles. The summed E-state index contributed by atoms with van der Waals surface area (Å²) in [7, 11) is 3.28. The molecule has 11 nitrogen and oxygen atoms in total. The van der Waals surface area contributed by atoms with Gasteiger partial charge in [0.1, 0.15) is 6.73 Å². The van der Waals surface area contributed by atoms with E-state index in [1.165, 1.54) is 0 Å². The van der Waals surface area contributed by atoms with Crippen molar-refractivity contribution in [1.29, 1.82) is 0 Å². The van der Waals surface area contributed by atoms with Crippen molar-refractivity contribution in [2.24, 2.45) is 34.8 Å². The number of amides is 3. The van der Waals surface area contributed by atoms with Crippen molar-refractivity contribution < 1.29 is 38.1 Å². The van der Waals surface area contributed by atoms with Gasteiger partial charge in [-0.05, 0) is 75.5 Å². The molecule has 1 aliphatic heterocycles. The molecule has 1 aromatic rings. The Morgan fingerprint density at radius 3 is 2.33 bits per heavy atom. The minimum Gasteiger partial charge on any atom is -0.493 e. The molecule has 2 unspecified atom stereocenters. The number of primary amides is 1. The number of nitrogens with zero attached hydrogens (tertiary/aromatic N) is 1. The van der Waals surface area contributed by atoms with E-state index < -0.39 is 35.0 Å². The van der Waals surface area contributed by atoms with Crippen LogP contribution in [0.5, 0.6) is 11.5 Å². The molecule has 262 valence electrons. The Kier molecular flexibility index (Phi) is 15.9. The first-order valence-corrected chi connectivity index (χ1v) is 16.6. The quantitative estimate of drug-likeness (QED) is 0.148. The van der Waals surface area contributed by atoms with Crippen molar-refractivity contribution in [2.75, 3.05) is 40.7 Å². The van der Waals surface area contributed by atoms with Gasteiger partial charge in [0, 0.05) is 32.6 Å². The lowest BCUT2D eigenvalue weighted by molar-refractivity contribution is -0.130. The second-order valence-electron chi connectivity index (χ2n) is 13.5. The SMILES string of the molecule is COCCCOc1cc(C[C@@H](C[C@H]2C(C[C@H](C(=O)NCC(C)(C)C(N)=O)C(C)C)OCN2C(=O)OC(C)Cl)C(C)C)ccc1OC. The van der Waals surface area contributed by atoms with Crippen molar-refractivity contribution in [2.45, 2.75) is 91.9 Å². The molecule has 1 aliphatic rings. The lowest BCUT2D eigenvalue weighted by Gasteiger charge is -2.33. The van der Waals surface area contributed by atoms with Crippen LogP contribution < -0.4 is 20.5 Å². The number of nitrogens with one attached hydrogen (secondary N) is 1. The Balaban J connectivity index is 2.32. The second-order valence-corrected chi connectivity index (χ2v) is 14.1. The third kappa shape index (κ3) is 11.8. The van der Waals surface area contributed by atoms with E-state index in [-0.39, 0.29) is 43.0 Å². The fourth-order valence-electron chi connectivity index (χ4n) is 5.49. The lowest BCUT2D eigenvalue weighted by atomic mass is 9.80. The maximum Gasteiger partial charge on any atom is 0.413 e. The molecule has 2 rings (SSSR count). The van der Waals surface area contributed by atoms with Crippen LogP contribution in [0.2, 0.25) is 0 Å². The second kappa shape index (κ2) is 18.5. The van der Waals surface area contributed by atoms with Gasteiger partial charge in [0.05, 0.1) is 31.3 Å². The van der Waals surface area contributed by atoms with Gasteiger partial charge in [-0.2, -0.15) is 0 Å². The van der Waals surface area contributed by atoms with Gasteiger partial charge >= 0.3 is 6.09 Å². The summed E-state index contributed by atoms with van der Waals surface area (Å²) in [4.78, 5) is 40.0. The number of nitrogens with two attached hydrogens (primary N) is 1. The molecule has 1 fully saturated rings. The molecule has 12 heteroatoms. The number of rotatable bonds is 19. The smallest absolute Gasteiger partial charge is 0.413 e. The van der Waals surface area contributed by atoms with Gasteiger partial charge in [0.25, 0.3) is 0 Å².